The van der Waals surface area contributed by atoms with Crippen LogP contribution in [-0.2, 0) is 9.53 Å². The van der Waals surface area contributed by atoms with Gasteiger partial charge in [0, 0.05) is 18.9 Å². The average Bonchev–Trinajstić information content (AvgIpc) is 3.55. The van der Waals surface area contributed by atoms with Gasteiger partial charge in [-0.05, 0) is 48.9 Å². The molecule has 1 aliphatic heterocycles. The molecule has 4 nitrogen and oxygen atoms in total. The van der Waals surface area contributed by atoms with Gasteiger partial charge >= 0.3 is 0 Å². The highest BCUT2D eigenvalue weighted by molar-refractivity contribution is 7.22. The topological polar surface area (TPSA) is 42.4 Å². The molecule has 5 heteroatoms. The lowest BCUT2D eigenvalue weighted by Gasteiger charge is -2.26. The molecule has 1 aromatic heterocycles. The number of benzene rings is 3. The number of ether oxygens (including phenoxy) is 1. The third-order valence-corrected chi connectivity index (χ3v) is 7.87. The lowest BCUT2D eigenvalue weighted by molar-refractivity contribution is -0.119. The molecule has 0 bridgehead atoms. The van der Waals surface area contributed by atoms with E-state index in [2.05, 4.69) is 50.2 Å². The van der Waals surface area contributed by atoms with Crippen LogP contribution in [0.3, 0.4) is 0 Å². The molecule has 0 N–H and O–H groups in total. The van der Waals surface area contributed by atoms with Gasteiger partial charge < -0.3 is 4.74 Å². The van der Waals surface area contributed by atoms with Crippen LogP contribution >= 0.6 is 11.3 Å². The Kier molecular flexibility index (Phi) is 6.75. The Morgan fingerprint density at radius 1 is 1.00 bits per heavy atom. The molecule has 5 rings (SSSR count). The summed E-state index contributed by atoms with van der Waals surface area (Å²) in [6.07, 6.45) is 2.47. The smallest absolute Gasteiger partial charge is 0.229 e. The fourth-order valence-corrected chi connectivity index (χ4v) is 5.86. The van der Waals surface area contributed by atoms with Crippen LogP contribution in [0.1, 0.15) is 47.4 Å². The summed E-state index contributed by atoms with van der Waals surface area (Å²) in [6.45, 7) is 5.50. The molecule has 1 atom stereocenters. The second kappa shape index (κ2) is 10.1. The quantitative estimate of drug-likeness (QED) is 0.304. The zero-order valence-electron chi connectivity index (χ0n) is 19.7. The first-order valence-electron chi connectivity index (χ1n) is 12.0. The van der Waals surface area contributed by atoms with Crippen LogP contribution in [0, 0.1) is 13.8 Å². The van der Waals surface area contributed by atoms with Crippen molar-refractivity contribution < 1.29 is 9.53 Å². The third kappa shape index (κ3) is 4.77. The van der Waals surface area contributed by atoms with E-state index in [0.717, 1.165) is 51.5 Å². The Bertz CT molecular complexity index is 1190. The van der Waals surface area contributed by atoms with Gasteiger partial charge in [0.05, 0.1) is 22.9 Å². The van der Waals surface area contributed by atoms with E-state index in [9.17, 15) is 4.79 Å². The summed E-state index contributed by atoms with van der Waals surface area (Å²) < 4.78 is 7.09. The molecule has 34 heavy (non-hydrogen) atoms. The maximum atomic E-state index is 14.0. The number of nitrogens with zero attached hydrogens (tertiary/aromatic N) is 2. The highest BCUT2D eigenvalue weighted by Crippen LogP contribution is 2.36. The van der Waals surface area contributed by atoms with Crippen molar-refractivity contribution in [3.8, 4) is 0 Å². The number of anilines is 1. The Hall–Kier alpha value is -3.02. The first-order chi connectivity index (χ1) is 16.6. The largest absolute Gasteiger partial charge is 0.376 e. The molecule has 174 valence electrons. The summed E-state index contributed by atoms with van der Waals surface area (Å²) in [5.41, 5.74) is 5.62. The van der Waals surface area contributed by atoms with Gasteiger partial charge in [-0.3, -0.25) is 9.69 Å². The number of thiazole rings is 1. The van der Waals surface area contributed by atoms with Crippen LogP contribution in [0.25, 0.3) is 10.2 Å². The molecule has 0 spiro atoms. The zero-order chi connectivity index (χ0) is 23.5. The van der Waals surface area contributed by atoms with E-state index in [1.807, 2.05) is 41.3 Å². The van der Waals surface area contributed by atoms with Crippen molar-refractivity contribution in [1.29, 1.82) is 0 Å². The molecule has 1 amide bonds. The van der Waals surface area contributed by atoms with Gasteiger partial charge in [0.1, 0.15) is 0 Å². The molecule has 1 fully saturated rings. The third-order valence-electron chi connectivity index (χ3n) is 6.66. The highest BCUT2D eigenvalue weighted by atomic mass is 32.1. The van der Waals surface area contributed by atoms with Gasteiger partial charge in [-0.1, -0.05) is 84.1 Å². The van der Waals surface area contributed by atoms with Crippen LogP contribution in [0.4, 0.5) is 5.13 Å². The van der Waals surface area contributed by atoms with E-state index in [1.54, 1.807) is 11.3 Å². The van der Waals surface area contributed by atoms with Crippen LogP contribution < -0.4 is 4.90 Å². The summed E-state index contributed by atoms with van der Waals surface area (Å²) in [7, 11) is 0. The summed E-state index contributed by atoms with van der Waals surface area (Å²) >= 11 is 1.62. The number of aromatic nitrogens is 1. The van der Waals surface area contributed by atoms with Crippen LogP contribution in [0.5, 0.6) is 0 Å². The number of aryl methyl sites for hydroxylation is 2. The van der Waals surface area contributed by atoms with Crippen LogP contribution in [0.15, 0.2) is 72.8 Å². The Morgan fingerprint density at radius 2 is 1.65 bits per heavy atom. The standard InChI is InChI=1S/C29H30N2O2S/c1-20-15-16-21(2)28-27(20)30-29(34-28)31(19-24-14-9-17-33-24)26(32)18-25(22-10-5-3-6-11-22)23-12-7-4-8-13-23/h3-8,10-13,15-16,24-25H,9,14,17-19H2,1-2H3/t24-/m1/s1. The molecule has 0 unspecified atom stereocenters. The molecule has 0 saturated carbocycles. The minimum Gasteiger partial charge on any atom is -0.376 e. The Labute approximate surface area is 205 Å². The number of amides is 1. The van der Waals surface area contributed by atoms with E-state index < -0.39 is 0 Å². The summed E-state index contributed by atoms with van der Waals surface area (Å²) in [5, 5.41) is 0.771. The van der Waals surface area contributed by atoms with Crippen molar-refractivity contribution in [2.45, 2.75) is 45.1 Å². The van der Waals surface area contributed by atoms with Crippen molar-refractivity contribution >= 4 is 32.6 Å². The number of carbonyl (C=O) groups is 1. The summed E-state index contributed by atoms with van der Waals surface area (Å²) in [5.74, 6) is 0.0716. The van der Waals surface area contributed by atoms with Crippen molar-refractivity contribution in [3.63, 3.8) is 0 Å². The van der Waals surface area contributed by atoms with Crippen molar-refractivity contribution in [1.82, 2.24) is 4.98 Å². The van der Waals surface area contributed by atoms with E-state index in [0.29, 0.717) is 13.0 Å². The molecule has 1 saturated heterocycles. The molecule has 0 radical (unpaired) electrons. The molecule has 3 aromatic carbocycles. The maximum Gasteiger partial charge on any atom is 0.229 e. The fourth-order valence-electron chi connectivity index (χ4n) is 4.73. The second-order valence-electron chi connectivity index (χ2n) is 9.09. The van der Waals surface area contributed by atoms with Gasteiger partial charge in [-0.2, -0.15) is 0 Å². The van der Waals surface area contributed by atoms with Crippen LogP contribution in [0.2, 0.25) is 0 Å². The fraction of sp³-hybridized carbons (Fsp3) is 0.310. The number of hydrogen-bond acceptors (Lipinski definition) is 4. The van der Waals surface area contributed by atoms with Gasteiger partial charge in [-0.15, -0.1) is 0 Å². The minimum absolute atomic E-state index is 0.0141. The first-order valence-corrected chi connectivity index (χ1v) is 12.8. The van der Waals surface area contributed by atoms with E-state index >= 15 is 0 Å². The normalized spacial score (nSPS) is 15.8. The van der Waals surface area contributed by atoms with E-state index in [4.69, 9.17) is 9.72 Å². The summed E-state index contributed by atoms with van der Waals surface area (Å²) in [4.78, 5) is 20.8. The van der Waals surface area contributed by atoms with Crippen molar-refractivity contribution in [3.05, 3.63) is 95.1 Å². The monoisotopic (exact) mass is 470 g/mol. The number of hydrogen-bond donors (Lipinski definition) is 0. The minimum atomic E-state index is -0.0141. The predicted octanol–water partition coefficient (Wildman–Crippen LogP) is 6.65. The van der Waals surface area contributed by atoms with Crippen molar-refractivity contribution in [2.75, 3.05) is 18.1 Å². The molecular formula is C29H30N2O2S. The Morgan fingerprint density at radius 3 is 2.24 bits per heavy atom. The molecule has 2 heterocycles. The number of rotatable bonds is 7. The number of fused-ring (bicyclic) bond motifs is 1. The van der Waals surface area contributed by atoms with Crippen molar-refractivity contribution in [2.24, 2.45) is 0 Å². The van der Waals surface area contributed by atoms with Gasteiger partial charge in [0.15, 0.2) is 5.13 Å². The lowest BCUT2D eigenvalue weighted by atomic mass is 9.88. The van der Waals surface area contributed by atoms with E-state index in [1.165, 1.54) is 5.56 Å². The lowest BCUT2D eigenvalue weighted by Crippen LogP contribution is -2.38. The Balaban J connectivity index is 1.51. The summed E-state index contributed by atoms with van der Waals surface area (Å²) in [6, 6.07) is 24.9. The van der Waals surface area contributed by atoms with Gasteiger partial charge in [0.25, 0.3) is 0 Å². The maximum absolute atomic E-state index is 14.0. The molecule has 1 aliphatic rings. The predicted molar refractivity (Wildman–Crippen MR) is 140 cm³/mol. The number of carbonyl (C=O) groups excluding carboxylic acids is 1. The zero-order valence-corrected chi connectivity index (χ0v) is 20.6. The SMILES string of the molecule is Cc1ccc(C)c2sc(N(C[C@H]3CCCO3)C(=O)CC(c3ccccc3)c3ccccc3)nc12. The van der Waals surface area contributed by atoms with E-state index in [-0.39, 0.29) is 17.9 Å². The molecule has 4 aromatic rings. The second-order valence-corrected chi connectivity index (χ2v) is 10.1. The van der Waals surface area contributed by atoms with Gasteiger partial charge in [-0.25, -0.2) is 4.98 Å². The molecule has 0 aliphatic carbocycles. The molecular weight excluding hydrogens is 440 g/mol. The van der Waals surface area contributed by atoms with Crippen LogP contribution in [-0.4, -0.2) is 30.1 Å². The first kappa shape index (κ1) is 22.8. The average molecular weight is 471 g/mol. The van der Waals surface area contributed by atoms with Gasteiger partial charge in [0.2, 0.25) is 5.91 Å². The highest BCUT2D eigenvalue weighted by Gasteiger charge is 2.29.